The summed E-state index contributed by atoms with van der Waals surface area (Å²) in [6.07, 6.45) is 9.62. The van der Waals surface area contributed by atoms with Crippen LogP contribution in [0.5, 0.6) is 0 Å². The van der Waals surface area contributed by atoms with E-state index in [2.05, 4.69) is 17.1 Å². The summed E-state index contributed by atoms with van der Waals surface area (Å²) in [4.78, 5) is 0. The summed E-state index contributed by atoms with van der Waals surface area (Å²) in [7, 11) is 2.01. The fraction of sp³-hybridized carbons (Fsp3) is 1.00. The Kier molecular flexibility index (Phi) is 4.57. The molecule has 0 aromatic rings. The van der Waals surface area contributed by atoms with E-state index in [-0.39, 0.29) is 5.54 Å². The van der Waals surface area contributed by atoms with E-state index in [1.807, 2.05) is 7.05 Å². The Morgan fingerprint density at radius 3 is 2.38 bits per heavy atom. The Balaban J connectivity index is 1.80. The molecule has 0 aromatic heterocycles. The first kappa shape index (κ1) is 12.7. The summed E-state index contributed by atoms with van der Waals surface area (Å²) in [5.74, 6) is 1.81. The summed E-state index contributed by atoms with van der Waals surface area (Å²) >= 11 is 2.10. The zero-order valence-corrected chi connectivity index (χ0v) is 11.2. The second kappa shape index (κ2) is 5.74. The molecule has 3 heteroatoms. The van der Waals surface area contributed by atoms with Gasteiger partial charge in [-0.2, -0.15) is 11.8 Å². The highest BCUT2D eigenvalue weighted by molar-refractivity contribution is 8.00. The molecule has 2 aliphatic rings. The Morgan fingerprint density at radius 2 is 1.88 bits per heavy atom. The average Bonchev–Trinajstić information content (AvgIpc) is 3.17. The smallest absolute Gasteiger partial charge is 0.0624 e. The van der Waals surface area contributed by atoms with Crippen LogP contribution in [0, 0.1) is 5.92 Å². The van der Waals surface area contributed by atoms with Crippen molar-refractivity contribution >= 4 is 11.8 Å². The molecule has 2 N–H and O–H groups in total. The molecule has 2 fully saturated rings. The third-order valence-corrected chi connectivity index (χ3v) is 5.89. The van der Waals surface area contributed by atoms with Gasteiger partial charge in [0.2, 0.25) is 0 Å². The molecule has 94 valence electrons. The van der Waals surface area contributed by atoms with Crippen molar-refractivity contribution in [3.63, 3.8) is 0 Å². The van der Waals surface area contributed by atoms with E-state index in [1.165, 1.54) is 44.9 Å². The van der Waals surface area contributed by atoms with E-state index in [0.717, 1.165) is 16.9 Å². The first-order chi connectivity index (χ1) is 7.80. The summed E-state index contributed by atoms with van der Waals surface area (Å²) in [5.41, 5.74) is 0.0160. The first-order valence-electron chi connectivity index (χ1n) is 6.72. The van der Waals surface area contributed by atoms with Crippen LogP contribution in [0.1, 0.15) is 44.9 Å². The van der Waals surface area contributed by atoms with E-state index in [4.69, 9.17) is 0 Å². The topological polar surface area (TPSA) is 32.3 Å². The maximum Gasteiger partial charge on any atom is 0.0624 e. The van der Waals surface area contributed by atoms with Crippen LogP contribution >= 0.6 is 11.8 Å². The van der Waals surface area contributed by atoms with Gasteiger partial charge in [-0.3, -0.25) is 0 Å². The molecule has 0 heterocycles. The van der Waals surface area contributed by atoms with Crippen molar-refractivity contribution in [2.24, 2.45) is 5.92 Å². The van der Waals surface area contributed by atoms with Gasteiger partial charge in [-0.15, -0.1) is 0 Å². The molecule has 2 saturated carbocycles. The van der Waals surface area contributed by atoms with E-state index in [1.54, 1.807) is 0 Å². The van der Waals surface area contributed by atoms with Crippen molar-refractivity contribution < 1.29 is 5.11 Å². The maximum absolute atomic E-state index is 9.64. The quantitative estimate of drug-likeness (QED) is 0.751. The molecule has 0 spiro atoms. The Labute approximate surface area is 104 Å². The molecule has 16 heavy (non-hydrogen) atoms. The van der Waals surface area contributed by atoms with Crippen molar-refractivity contribution in [3.8, 4) is 0 Å². The molecule has 1 atom stereocenters. The molecule has 1 unspecified atom stereocenters. The maximum atomic E-state index is 9.64. The molecule has 2 nitrogen and oxygen atoms in total. The second-order valence-electron chi connectivity index (χ2n) is 5.41. The molecule has 0 aromatic carbocycles. The van der Waals surface area contributed by atoms with Crippen LogP contribution in [0.4, 0.5) is 0 Å². The van der Waals surface area contributed by atoms with Crippen LogP contribution in [0.15, 0.2) is 0 Å². The van der Waals surface area contributed by atoms with Gasteiger partial charge in [0.25, 0.3) is 0 Å². The van der Waals surface area contributed by atoms with Crippen molar-refractivity contribution in [2.45, 2.75) is 55.7 Å². The van der Waals surface area contributed by atoms with Crippen molar-refractivity contribution in [3.05, 3.63) is 0 Å². The Morgan fingerprint density at radius 1 is 1.19 bits per heavy atom. The van der Waals surface area contributed by atoms with Crippen LogP contribution in [0.25, 0.3) is 0 Å². The highest BCUT2D eigenvalue weighted by atomic mass is 32.2. The van der Waals surface area contributed by atoms with Crippen molar-refractivity contribution in [1.29, 1.82) is 0 Å². The van der Waals surface area contributed by atoms with E-state index in [9.17, 15) is 5.11 Å². The molecule has 2 aliphatic carbocycles. The van der Waals surface area contributed by atoms with Gasteiger partial charge in [0, 0.05) is 11.0 Å². The highest BCUT2D eigenvalue weighted by Gasteiger charge is 2.43. The predicted octanol–water partition coefficient (Wildman–Crippen LogP) is 2.41. The van der Waals surface area contributed by atoms with Crippen molar-refractivity contribution in [1.82, 2.24) is 5.32 Å². The third-order valence-electron chi connectivity index (χ3n) is 4.27. The molecule has 2 rings (SSSR count). The lowest BCUT2D eigenvalue weighted by Gasteiger charge is -2.33. The summed E-state index contributed by atoms with van der Waals surface area (Å²) < 4.78 is 0. The van der Waals surface area contributed by atoms with Crippen LogP contribution in [0.3, 0.4) is 0 Å². The van der Waals surface area contributed by atoms with Gasteiger partial charge in [-0.25, -0.2) is 0 Å². The monoisotopic (exact) mass is 243 g/mol. The van der Waals surface area contributed by atoms with Crippen LogP contribution in [-0.2, 0) is 0 Å². The van der Waals surface area contributed by atoms with E-state index >= 15 is 0 Å². The van der Waals surface area contributed by atoms with Gasteiger partial charge < -0.3 is 10.4 Å². The molecular weight excluding hydrogens is 218 g/mol. The number of hydrogen-bond acceptors (Lipinski definition) is 3. The number of aliphatic hydroxyl groups excluding tert-OH is 1. The second-order valence-corrected chi connectivity index (χ2v) is 6.70. The standard InChI is InChI=1S/C13H25NOS/c1-14-13(9-15,11-7-8-11)10-16-12-5-3-2-4-6-12/h11-12,14-15H,2-10H2,1H3. The minimum absolute atomic E-state index is 0.0160. The fourth-order valence-corrected chi connectivity index (χ4v) is 4.45. The molecule has 0 radical (unpaired) electrons. The number of hydrogen-bond donors (Lipinski definition) is 2. The number of rotatable bonds is 6. The number of thioether (sulfide) groups is 1. The predicted molar refractivity (Wildman–Crippen MR) is 70.9 cm³/mol. The summed E-state index contributed by atoms with van der Waals surface area (Å²) in [6.45, 7) is 0.299. The summed E-state index contributed by atoms with van der Waals surface area (Å²) in [6, 6.07) is 0. The lowest BCUT2D eigenvalue weighted by atomic mass is 9.97. The Hall–Kier alpha value is 0.270. The molecule has 0 aliphatic heterocycles. The Bertz CT molecular complexity index is 208. The van der Waals surface area contributed by atoms with Gasteiger partial charge in [-0.05, 0) is 38.6 Å². The zero-order chi connectivity index (χ0) is 11.4. The van der Waals surface area contributed by atoms with E-state index < -0.39 is 0 Å². The minimum atomic E-state index is 0.0160. The van der Waals surface area contributed by atoms with Gasteiger partial charge in [0.05, 0.1) is 12.1 Å². The lowest BCUT2D eigenvalue weighted by Crippen LogP contribution is -2.51. The molecule has 0 amide bonds. The van der Waals surface area contributed by atoms with Crippen molar-refractivity contribution in [2.75, 3.05) is 19.4 Å². The van der Waals surface area contributed by atoms with E-state index in [0.29, 0.717) is 6.61 Å². The largest absolute Gasteiger partial charge is 0.394 e. The fourth-order valence-electron chi connectivity index (χ4n) is 2.78. The number of nitrogens with one attached hydrogen (secondary N) is 1. The van der Waals surface area contributed by atoms with Gasteiger partial charge in [-0.1, -0.05) is 19.3 Å². The van der Waals surface area contributed by atoms with Crippen LogP contribution < -0.4 is 5.32 Å². The van der Waals surface area contributed by atoms with Crippen LogP contribution in [-0.4, -0.2) is 35.3 Å². The molecule has 0 bridgehead atoms. The average molecular weight is 243 g/mol. The first-order valence-corrected chi connectivity index (χ1v) is 7.77. The zero-order valence-electron chi connectivity index (χ0n) is 10.4. The SMILES string of the molecule is CNC(CO)(CSC1CCCCC1)C1CC1. The summed E-state index contributed by atoms with van der Waals surface area (Å²) in [5, 5.41) is 13.9. The highest BCUT2D eigenvalue weighted by Crippen LogP contribution is 2.42. The number of likely N-dealkylation sites (N-methyl/N-ethyl adjacent to an activating group) is 1. The van der Waals surface area contributed by atoms with Crippen LogP contribution in [0.2, 0.25) is 0 Å². The lowest BCUT2D eigenvalue weighted by molar-refractivity contribution is 0.167. The minimum Gasteiger partial charge on any atom is -0.394 e. The normalized spacial score (nSPS) is 26.6. The third kappa shape index (κ3) is 2.93. The molecule has 0 saturated heterocycles. The number of aliphatic hydroxyl groups is 1. The van der Waals surface area contributed by atoms with Gasteiger partial charge >= 0.3 is 0 Å². The molecular formula is C13H25NOS. The van der Waals surface area contributed by atoms with Gasteiger partial charge in [0.15, 0.2) is 0 Å². The van der Waals surface area contributed by atoms with Gasteiger partial charge in [0.1, 0.15) is 0 Å².